The molecule has 2 aromatic rings. The summed E-state index contributed by atoms with van der Waals surface area (Å²) in [6.07, 6.45) is 5.36. The summed E-state index contributed by atoms with van der Waals surface area (Å²) in [6.45, 7) is 8.65. The number of anilines is 2. The van der Waals surface area contributed by atoms with E-state index in [2.05, 4.69) is 71.8 Å². The van der Waals surface area contributed by atoms with Gasteiger partial charge in [0.2, 0.25) is 0 Å². The molecular weight excluding hydrogens is 352 g/mol. The van der Waals surface area contributed by atoms with Gasteiger partial charge in [0.15, 0.2) is 5.11 Å². The minimum atomic E-state index is 0.496. The molecule has 0 saturated heterocycles. The van der Waals surface area contributed by atoms with E-state index in [9.17, 15) is 0 Å². The van der Waals surface area contributed by atoms with Crippen molar-refractivity contribution in [2.24, 2.45) is 5.10 Å². The van der Waals surface area contributed by atoms with Crippen LogP contribution >= 0.6 is 12.2 Å². The third kappa shape index (κ3) is 4.86. The van der Waals surface area contributed by atoms with Crippen LogP contribution in [0.4, 0.5) is 11.4 Å². The van der Waals surface area contributed by atoms with Crippen molar-refractivity contribution in [3.05, 3.63) is 58.7 Å². The van der Waals surface area contributed by atoms with Gasteiger partial charge < -0.3 is 10.2 Å². The van der Waals surface area contributed by atoms with Gasteiger partial charge in [-0.2, -0.15) is 5.10 Å². The molecule has 0 fully saturated rings. The number of hydrogen-bond acceptors (Lipinski definition) is 3. The van der Waals surface area contributed by atoms with Crippen LogP contribution in [0, 0.1) is 13.8 Å². The second-order valence-electron chi connectivity index (χ2n) is 7.07. The molecule has 0 spiro atoms. The van der Waals surface area contributed by atoms with Gasteiger partial charge in [-0.1, -0.05) is 31.2 Å². The van der Waals surface area contributed by atoms with Gasteiger partial charge in [0.25, 0.3) is 0 Å². The first-order chi connectivity index (χ1) is 13.1. The highest BCUT2D eigenvalue weighted by Gasteiger charge is 2.15. The molecule has 0 amide bonds. The van der Waals surface area contributed by atoms with Gasteiger partial charge in [-0.15, -0.1) is 0 Å². The summed E-state index contributed by atoms with van der Waals surface area (Å²) in [5.74, 6) is 0. The highest BCUT2D eigenvalue weighted by Crippen LogP contribution is 2.27. The molecule has 27 heavy (non-hydrogen) atoms. The highest BCUT2D eigenvalue weighted by molar-refractivity contribution is 7.80. The molecule has 1 aliphatic heterocycles. The van der Waals surface area contributed by atoms with Crippen LogP contribution < -0.4 is 15.6 Å². The van der Waals surface area contributed by atoms with Crippen LogP contribution in [0.1, 0.15) is 42.0 Å². The Morgan fingerprint density at radius 2 is 2.00 bits per heavy atom. The average molecular weight is 381 g/mol. The summed E-state index contributed by atoms with van der Waals surface area (Å²) in [6, 6.07) is 12.8. The SMILES string of the molecule is CCCN1CCCc2cc(/C=N/NC(=S)Nc3c(C)cccc3C)ccc21. The fourth-order valence-electron chi connectivity index (χ4n) is 3.60. The standard InChI is InChI=1S/C22H28N4S/c1-4-12-26-13-6-9-19-14-18(10-11-20(19)26)15-23-25-22(27)24-21-16(2)7-5-8-17(21)3/h5,7-8,10-11,14-15H,4,6,9,12-13H2,1-3H3,(H2,24,25,27)/b23-15+. The number of fused-ring (bicyclic) bond motifs is 1. The molecule has 4 nitrogen and oxygen atoms in total. The zero-order valence-corrected chi connectivity index (χ0v) is 17.2. The number of aryl methyl sites for hydroxylation is 3. The predicted octanol–water partition coefficient (Wildman–Crippen LogP) is 4.79. The van der Waals surface area contributed by atoms with Crippen LogP contribution in [-0.2, 0) is 6.42 Å². The van der Waals surface area contributed by atoms with Crippen LogP contribution in [0.5, 0.6) is 0 Å². The second-order valence-corrected chi connectivity index (χ2v) is 7.48. The Labute approximate surface area is 167 Å². The Bertz CT molecular complexity index is 824. The Hall–Kier alpha value is -2.40. The quantitative estimate of drug-likeness (QED) is 0.445. The van der Waals surface area contributed by atoms with Gasteiger partial charge >= 0.3 is 0 Å². The van der Waals surface area contributed by atoms with E-state index in [-0.39, 0.29) is 0 Å². The van der Waals surface area contributed by atoms with Crippen molar-refractivity contribution >= 4 is 34.9 Å². The molecule has 3 rings (SSSR count). The Morgan fingerprint density at radius 3 is 2.74 bits per heavy atom. The van der Waals surface area contributed by atoms with E-state index in [0.29, 0.717) is 5.11 Å². The monoisotopic (exact) mass is 380 g/mol. The van der Waals surface area contributed by atoms with Gasteiger partial charge in [0.1, 0.15) is 0 Å². The van der Waals surface area contributed by atoms with Crippen LogP contribution in [-0.4, -0.2) is 24.4 Å². The van der Waals surface area contributed by atoms with Gasteiger partial charge in [0.05, 0.1) is 6.21 Å². The molecule has 142 valence electrons. The van der Waals surface area contributed by atoms with E-state index < -0.39 is 0 Å². The topological polar surface area (TPSA) is 39.7 Å². The molecule has 2 N–H and O–H groups in total. The van der Waals surface area contributed by atoms with Crippen molar-refractivity contribution in [3.8, 4) is 0 Å². The van der Waals surface area contributed by atoms with E-state index in [0.717, 1.165) is 41.9 Å². The molecule has 0 radical (unpaired) electrons. The van der Waals surface area contributed by atoms with Crippen molar-refractivity contribution in [2.45, 2.75) is 40.0 Å². The summed E-state index contributed by atoms with van der Waals surface area (Å²) in [5, 5.41) is 8.04. The lowest BCUT2D eigenvalue weighted by Crippen LogP contribution is -2.30. The van der Waals surface area contributed by atoms with Crippen LogP contribution in [0.3, 0.4) is 0 Å². The lowest BCUT2D eigenvalue weighted by Gasteiger charge is -2.31. The molecule has 1 heterocycles. The van der Waals surface area contributed by atoms with Crippen molar-refractivity contribution in [1.29, 1.82) is 0 Å². The molecular formula is C22H28N4S. The summed E-state index contributed by atoms with van der Waals surface area (Å²) in [5.41, 5.74) is 10.2. The lowest BCUT2D eigenvalue weighted by atomic mass is 9.99. The van der Waals surface area contributed by atoms with E-state index in [1.807, 2.05) is 12.3 Å². The molecule has 1 aliphatic rings. The number of para-hydroxylation sites is 1. The Kier molecular flexibility index (Phi) is 6.45. The molecule has 0 atom stereocenters. The molecule has 0 unspecified atom stereocenters. The molecule has 0 aliphatic carbocycles. The van der Waals surface area contributed by atoms with Gasteiger partial charge in [-0.3, -0.25) is 5.43 Å². The van der Waals surface area contributed by atoms with E-state index >= 15 is 0 Å². The minimum Gasteiger partial charge on any atom is -0.371 e. The maximum Gasteiger partial charge on any atom is 0.191 e. The zero-order chi connectivity index (χ0) is 19.2. The average Bonchev–Trinajstić information content (AvgIpc) is 2.65. The van der Waals surface area contributed by atoms with Gasteiger partial charge in [-0.05, 0) is 79.7 Å². The Morgan fingerprint density at radius 1 is 1.22 bits per heavy atom. The molecule has 0 aromatic heterocycles. The second kappa shape index (κ2) is 9.00. The number of thiocarbonyl (C=S) groups is 1. The number of nitrogens with one attached hydrogen (secondary N) is 2. The highest BCUT2D eigenvalue weighted by atomic mass is 32.1. The Balaban J connectivity index is 1.62. The molecule has 0 bridgehead atoms. The third-order valence-electron chi connectivity index (χ3n) is 4.91. The van der Waals surface area contributed by atoms with Gasteiger partial charge in [-0.25, -0.2) is 0 Å². The van der Waals surface area contributed by atoms with Crippen LogP contribution in [0.2, 0.25) is 0 Å². The summed E-state index contributed by atoms with van der Waals surface area (Å²) in [7, 11) is 0. The van der Waals surface area contributed by atoms with Crippen LogP contribution in [0.25, 0.3) is 0 Å². The smallest absolute Gasteiger partial charge is 0.191 e. The van der Waals surface area contributed by atoms with E-state index in [1.54, 1.807) is 0 Å². The van der Waals surface area contributed by atoms with Crippen molar-refractivity contribution < 1.29 is 0 Å². The largest absolute Gasteiger partial charge is 0.371 e. The lowest BCUT2D eigenvalue weighted by molar-refractivity contribution is 0.681. The molecule has 2 aromatic carbocycles. The molecule has 5 heteroatoms. The maximum absolute atomic E-state index is 5.37. The zero-order valence-electron chi connectivity index (χ0n) is 16.4. The number of hydrazone groups is 1. The van der Waals surface area contributed by atoms with Crippen molar-refractivity contribution in [3.63, 3.8) is 0 Å². The number of benzene rings is 2. The summed E-state index contributed by atoms with van der Waals surface area (Å²) >= 11 is 5.37. The maximum atomic E-state index is 5.37. The number of hydrogen-bond donors (Lipinski definition) is 2. The van der Waals surface area contributed by atoms with Crippen molar-refractivity contribution in [1.82, 2.24) is 5.43 Å². The summed E-state index contributed by atoms with van der Waals surface area (Å²) in [4.78, 5) is 2.49. The van der Waals surface area contributed by atoms with Gasteiger partial charge in [0, 0.05) is 24.5 Å². The van der Waals surface area contributed by atoms with Crippen molar-refractivity contribution in [2.75, 3.05) is 23.3 Å². The minimum absolute atomic E-state index is 0.496. The predicted molar refractivity (Wildman–Crippen MR) is 120 cm³/mol. The molecule has 0 saturated carbocycles. The normalized spacial score (nSPS) is 13.5. The van der Waals surface area contributed by atoms with E-state index in [4.69, 9.17) is 12.2 Å². The first-order valence-corrected chi connectivity index (χ1v) is 10.0. The fourth-order valence-corrected chi connectivity index (χ4v) is 3.75. The third-order valence-corrected chi connectivity index (χ3v) is 5.10. The number of nitrogens with zero attached hydrogens (tertiary/aromatic N) is 2. The first kappa shape index (κ1) is 19.4. The van der Waals surface area contributed by atoms with E-state index in [1.165, 1.54) is 24.1 Å². The fraction of sp³-hybridized carbons (Fsp3) is 0.364. The van der Waals surface area contributed by atoms with Crippen LogP contribution in [0.15, 0.2) is 41.5 Å². The summed E-state index contributed by atoms with van der Waals surface area (Å²) < 4.78 is 0. The number of rotatable bonds is 5. The first-order valence-electron chi connectivity index (χ1n) is 9.62.